The van der Waals surface area contributed by atoms with Crippen LogP contribution in [-0.4, -0.2) is 29.9 Å². The molecule has 0 fully saturated rings. The Morgan fingerprint density at radius 3 is 2.48 bits per heavy atom. The second kappa shape index (κ2) is 7.69. The summed E-state index contributed by atoms with van der Waals surface area (Å²) in [6.07, 6.45) is 1.42. The second-order valence-electron chi connectivity index (χ2n) is 4.73. The van der Waals surface area contributed by atoms with Crippen molar-refractivity contribution in [2.24, 2.45) is 0 Å². The molecular formula is C16H18ClN3O3. The summed E-state index contributed by atoms with van der Waals surface area (Å²) in [7, 11) is 0. The molecule has 0 radical (unpaired) electrons. The Hall–Kier alpha value is -2.47. The number of hydrogen-bond acceptors (Lipinski definition) is 3. The number of carbonyl (C=O) groups excluding carboxylic acids is 2. The van der Waals surface area contributed by atoms with Gasteiger partial charge in [0.2, 0.25) is 0 Å². The van der Waals surface area contributed by atoms with Crippen LogP contribution in [0.15, 0.2) is 41.0 Å². The fourth-order valence-corrected chi connectivity index (χ4v) is 2.23. The normalized spacial score (nSPS) is 10.2. The highest BCUT2D eigenvalue weighted by molar-refractivity contribution is 6.34. The fourth-order valence-electron chi connectivity index (χ4n) is 2.00. The molecule has 7 heteroatoms. The van der Waals surface area contributed by atoms with E-state index in [4.69, 9.17) is 16.0 Å². The van der Waals surface area contributed by atoms with Gasteiger partial charge < -0.3 is 20.0 Å². The van der Waals surface area contributed by atoms with Crippen LogP contribution in [0.5, 0.6) is 0 Å². The smallest absolute Gasteiger partial charge is 0.321 e. The molecule has 0 atom stereocenters. The number of furan rings is 1. The SMILES string of the molecule is CCN(CC)C(=O)Nc1ccc(NC(=O)c2ccco2)c(Cl)c1. The molecule has 0 spiro atoms. The Balaban J connectivity index is 2.06. The van der Waals surface area contributed by atoms with Crippen LogP contribution in [0.3, 0.4) is 0 Å². The van der Waals surface area contributed by atoms with Gasteiger partial charge in [0.25, 0.3) is 5.91 Å². The number of nitrogens with one attached hydrogen (secondary N) is 2. The largest absolute Gasteiger partial charge is 0.459 e. The lowest BCUT2D eigenvalue weighted by Gasteiger charge is -2.19. The number of benzene rings is 1. The van der Waals surface area contributed by atoms with E-state index in [1.165, 1.54) is 6.26 Å². The number of halogens is 1. The maximum absolute atomic E-state index is 12.0. The highest BCUT2D eigenvalue weighted by atomic mass is 35.5. The van der Waals surface area contributed by atoms with E-state index >= 15 is 0 Å². The van der Waals surface area contributed by atoms with Gasteiger partial charge in [0.1, 0.15) is 0 Å². The first-order chi connectivity index (χ1) is 11.0. The van der Waals surface area contributed by atoms with Gasteiger partial charge in [-0.05, 0) is 44.2 Å². The molecule has 0 aliphatic heterocycles. The van der Waals surface area contributed by atoms with Gasteiger partial charge in [-0.2, -0.15) is 0 Å². The fraction of sp³-hybridized carbons (Fsp3) is 0.250. The van der Waals surface area contributed by atoms with Crippen LogP contribution < -0.4 is 10.6 Å². The summed E-state index contributed by atoms with van der Waals surface area (Å²) in [6.45, 7) is 5.05. The van der Waals surface area contributed by atoms with Crippen molar-refractivity contribution in [1.82, 2.24) is 4.90 Å². The third-order valence-electron chi connectivity index (χ3n) is 3.26. The molecule has 0 bridgehead atoms. The third kappa shape index (κ3) is 4.26. The summed E-state index contributed by atoms with van der Waals surface area (Å²) in [5.41, 5.74) is 0.997. The first kappa shape index (κ1) is 16.9. The second-order valence-corrected chi connectivity index (χ2v) is 5.14. The minimum Gasteiger partial charge on any atom is -0.459 e. The predicted octanol–water partition coefficient (Wildman–Crippen LogP) is 4.06. The van der Waals surface area contributed by atoms with Crippen LogP contribution in [-0.2, 0) is 0 Å². The molecule has 2 N–H and O–H groups in total. The number of urea groups is 1. The van der Waals surface area contributed by atoms with Gasteiger partial charge in [-0.3, -0.25) is 4.79 Å². The van der Waals surface area contributed by atoms with Crippen LogP contribution >= 0.6 is 11.6 Å². The van der Waals surface area contributed by atoms with Crippen LogP contribution in [0.25, 0.3) is 0 Å². The van der Waals surface area contributed by atoms with E-state index in [2.05, 4.69) is 10.6 Å². The molecule has 0 unspecified atom stereocenters. The molecule has 1 aromatic carbocycles. The van der Waals surface area contributed by atoms with E-state index in [1.807, 2.05) is 13.8 Å². The first-order valence-corrected chi connectivity index (χ1v) is 7.63. The van der Waals surface area contributed by atoms with Crippen molar-refractivity contribution in [2.45, 2.75) is 13.8 Å². The third-order valence-corrected chi connectivity index (χ3v) is 3.58. The Labute approximate surface area is 139 Å². The minimum atomic E-state index is -0.392. The van der Waals surface area contributed by atoms with Crippen LogP contribution in [0.1, 0.15) is 24.4 Å². The first-order valence-electron chi connectivity index (χ1n) is 7.25. The van der Waals surface area contributed by atoms with E-state index in [9.17, 15) is 9.59 Å². The van der Waals surface area contributed by atoms with Gasteiger partial charge in [0, 0.05) is 18.8 Å². The Morgan fingerprint density at radius 2 is 1.91 bits per heavy atom. The number of amides is 3. The summed E-state index contributed by atoms with van der Waals surface area (Å²) in [4.78, 5) is 25.6. The maximum Gasteiger partial charge on any atom is 0.321 e. The van der Waals surface area contributed by atoms with Gasteiger partial charge in [-0.25, -0.2) is 4.79 Å². The molecule has 1 heterocycles. The van der Waals surface area contributed by atoms with Crippen LogP contribution in [0.2, 0.25) is 5.02 Å². The van der Waals surface area contributed by atoms with Crippen molar-refractivity contribution in [3.63, 3.8) is 0 Å². The molecule has 0 saturated carbocycles. The molecule has 122 valence electrons. The molecule has 23 heavy (non-hydrogen) atoms. The molecular weight excluding hydrogens is 318 g/mol. The molecule has 0 saturated heterocycles. The summed E-state index contributed by atoms with van der Waals surface area (Å²) >= 11 is 6.16. The van der Waals surface area contributed by atoms with Crippen LogP contribution in [0, 0.1) is 0 Å². The molecule has 3 amide bonds. The van der Waals surface area contributed by atoms with E-state index in [1.54, 1.807) is 35.2 Å². The Bertz CT molecular complexity index is 682. The maximum atomic E-state index is 12.0. The lowest BCUT2D eigenvalue weighted by Crippen LogP contribution is -2.34. The van der Waals surface area contributed by atoms with Crippen molar-refractivity contribution in [3.05, 3.63) is 47.4 Å². The van der Waals surface area contributed by atoms with Crippen molar-refractivity contribution in [1.29, 1.82) is 0 Å². The van der Waals surface area contributed by atoms with Crippen molar-refractivity contribution >= 4 is 34.9 Å². The predicted molar refractivity (Wildman–Crippen MR) is 90.1 cm³/mol. The quantitative estimate of drug-likeness (QED) is 0.865. The lowest BCUT2D eigenvalue weighted by atomic mass is 10.2. The molecule has 0 aliphatic rings. The molecule has 2 aromatic rings. The number of nitrogens with zero attached hydrogens (tertiary/aromatic N) is 1. The lowest BCUT2D eigenvalue weighted by molar-refractivity contribution is 0.0996. The van der Waals surface area contributed by atoms with E-state index in [-0.39, 0.29) is 11.8 Å². The number of carbonyl (C=O) groups is 2. The minimum absolute atomic E-state index is 0.194. The number of rotatable bonds is 5. The van der Waals surface area contributed by atoms with Gasteiger partial charge in [-0.1, -0.05) is 11.6 Å². The highest BCUT2D eigenvalue weighted by Gasteiger charge is 2.13. The summed E-state index contributed by atoms with van der Waals surface area (Å²) in [5.74, 6) is -0.197. The standard InChI is InChI=1S/C16H18ClN3O3/c1-3-20(4-2)16(22)18-11-7-8-13(12(17)10-11)19-15(21)14-6-5-9-23-14/h5-10H,3-4H2,1-2H3,(H,18,22)(H,19,21). The summed E-state index contributed by atoms with van der Waals surface area (Å²) in [6, 6.07) is 7.87. The zero-order valence-corrected chi connectivity index (χ0v) is 13.7. The van der Waals surface area contributed by atoms with E-state index < -0.39 is 5.91 Å². The average Bonchev–Trinajstić information content (AvgIpc) is 3.05. The average molecular weight is 336 g/mol. The molecule has 6 nitrogen and oxygen atoms in total. The van der Waals surface area contributed by atoms with Gasteiger partial charge in [0.05, 0.1) is 17.0 Å². The Kier molecular flexibility index (Phi) is 5.65. The summed E-state index contributed by atoms with van der Waals surface area (Å²) in [5, 5.41) is 5.74. The van der Waals surface area contributed by atoms with Gasteiger partial charge in [-0.15, -0.1) is 0 Å². The van der Waals surface area contributed by atoms with E-state index in [0.717, 1.165) is 0 Å². The van der Waals surface area contributed by atoms with Crippen molar-refractivity contribution in [2.75, 3.05) is 23.7 Å². The topological polar surface area (TPSA) is 74.6 Å². The molecule has 0 aliphatic carbocycles. The van der Waals surface area contributed by atoms with Gasteiger partial charge >= 0.3 is 6.03 Å². The number of hydrogen-bond donors (Lipinski definition) is 2. The van der Waals surface area contributed by atoms with E-state index in [0.29, 0.717) is 29.5 Å². The zero-order valence-electron chi connectivity index (χ0n) is 12.9. The summed E-state index contributed by atoms with van der Waals surface area (Å²) < 4.78 is 5.02. The number of anilines is 2. The zero-order chi connectivity index (χ0) is 16.8. The van der Waals surface area contributed by atoms with Crippen molar-refractivity contribution in [3.8, 4) is 0 Å². The molecule has 2 rings (SSSR count). The monoisotopic (exact) mass is 335 g/mol. The highest BCUT2D eigenvalue weighted by Crippen LogP contribution is 2.26. The molecule has 1 aromatic heterocycles. The van der Waals surface area contributed by atoms with Crippen LogP contribution in [0.4, 0.5) is 16.2 Å². The van der Waals surface area contributed by atoms with Gasteiger partial charge in [0.15, 0.2) is 5.76 Å². The van der Waals surface area contributed by atoms with Crippen molar-refractivity contribution < 1.29 is 14.0 Å². The Morgan fingerprint density at radius 1 is 1.17 bits per heavy atom.